The Kier molecular flexibility index (Phi) is 6.02. The Morgan fingerprint density at radius 1 is 1.22 bits per heavy atom. The zero-order valence-electron chi connectivity index (χ0n) is 18.8. The zero-order valence-corrected chi connectivity index (χ0v) is 18.8. The fourth-order valence-electron chi connectivity index (χ4n) is 4.20. The number of nitrogens with one attached hydrogen (secondary N) is 1. The maximum absolute atomic E-state index is 14.9. The van der Waals surface area contributed by atoms with Crippen molar-refractivity contribution in [2.45, 2.75) is 46.3 Å². The highest BCUT2D eigenvalue weighted by molar-refractivity contribution is 6.00. The van der Waals surface area contributed by atoms with Crippen LogP contribution in [0.5, 0.6) is 5.75 Å². The standard InChI is InChI=1S/C25H28FN3O3/c1-14(2)32-11-7-10-29-24(17-8-5-6-9-19(17)26)21-22(27-28-23(21)25(29)31)18-12-15(3)16(4)13-20(18)30/h5-6,8-9,12-14,24,30H,7,10-11H2,1-4H3,(H,27,28)/t24-/m1/s1. The van der Waals surface area contributed by atoms with Crippen molar-refractivity contribution in [1.82, 2.24) is 15.1 Å². The van der Waals surface area contributed by atoms with Crippen LogP contribution >= 0.6 is 0 Å². The number of carbonyl (C=O) groups excluding carboxylic acids is 1. The molecule has 1 aliphatic heterocycles. The van der Waals surface area contributed by atoms with Crippen molar-refractivity contribution in [2.75, 3.05) is 13.2 Å². The molecular weight excluding hydrogens is 409 g/mol. The first-order valence-electron chi connectivity index (χ1n) is 10.9. The van der Waals surface area contributed by atoms with Gasteiger partial charge in [0.2, 0.25) is 0 Å². The molecule has 0 unspecified atom stereocenters. The van der Waals surface area contributed by atoms with Gasteiger partial charge in [-0.25, -0.2) is 4.39 Å². The number of carbonyl (C=O) groups is 1. The molecule has 3 aromatic rings. The Hall–Kier alpha value is -3.19. The first kappa shape index (κ1) is 22.0. The molecule has 0 bridgehead atoms. The van der Waals surface area contributed by atoms with Crippen LogP contribution in [-0.2, 0) is 4.74 Å². The molecule has 1 amide bonds. The Morgan fingerprint density at radius 2 is 1.94 bits per heavy atom. The van der Waals surface area contributed by atoms with Gasteiger partial charge < -0.3 is 14.7 Å². The van der Waals surface area contributed by atoms with Crippen LogP contribution < -0.4 is 0 Å². The predicted octanol–water partition coefficient (Wildman–Crippen LogP) is 4.90. The van der Waals surface area contributed by atoms with E-state index in [1.54, 1.807) is 29.2 Å². The second kappa shape index (κ2) is 8.74. The van der Waals surface area contributed by atoms with Crippen molar-refractivity contribution >= 4 is 5.91 Å². The first-order valence-corrected chi connectivity index (χ1v) is 10.9. The van der Waals surface area contributed by atoms with Crippen LogP contribution in [0.25, 0.3) is 11.3 Å². The third-order valence-corrected chi connectivity index (χ3v) is 5.93. The van der Waals surface area contributed by atoms with Crippen LogP contribution in [0.3, 0.4) is 0 Å². The van der Waals surface area contributed by atoms with Crippen LogP contribution in [-0.4, -0.2) is 45.4 Å². The number of fused-ring (bicyclic) bond motifs is 1. The van der Waals surface area contributed by atoms with Gasteiger partial charge >= 0.3 is 0 Å². The lowest BCUT2D eigenvalue weighted by molar-refractivity contribution is 0.0599. The smallest absolute Gasteiger partial charge is 0.273 e. The van der Waals surface area contributed by atoms with Crippen molar-refractivity contribution in [1.29, 1.82) is 0 Å². The number of halogens is 1. The van der Waals surface area contributed by atoms with Gasteiger partial charge in [0, 0.05) is 29.8 Å². The monoisotopic (exact) mass is 437 g/mol. The molecule has 0 saturated heterocycles. The van der Waals surface area contributed by atoms with Gasteiger partial charge in [-0.3, -0.25) is 9.89 Å². The molecule has 32 heavy (non-hydrogen) atoms. The predicted molar refractivity (Wildman–Crippen MR) is 120 cm³/mol. The number of amides is 1. The number of aryl methyl sites for hydroxylation is 2. The maximum Gasteiger partial charge on any atom is 0.273 e. The number of hydrogen-bond donors (Lipinski definition) is 2. The number of phenols is 1. The lowest BCUT2D eigenvalue weighted by Crippen LogP contribution is -2.31. The number of aromatic nitrogens is 2. The summed E-state index contributed by atoms with van der Waals surface area (Å²) in [4.78, 5) is 15.0. The molecule has 0 saturated carbocycles. The number of rotatable bonds is 7. The first-order chi connectivity index (χ1) is 15.3. The van der Waals surface area contributed by atoms with E-state index in [0.717, 1.165) is 11.1 Å². The molecule has 1 atom stereocenters. The van der Waals surface area contributed by atoms with Crippen molar-refractivity contribution in [3.63, 3.8) is 0 Å². The summed E-state index contributed by atoms with van der Waals surface area (Å²) in [5.41, 5.74) is 4.23. The van der Waals surface area contributed by atoms with E-state index in [0.29, 0.717) is 47.7 Å². The number of phenolic OH excluding ortho intramolecular Hbond substituents is 1. The molecule has 0 radical (unpaired) electrons. The van der Waals surface area contributed by atoms with Crippen LogP contribution in [0.4, 0.5) is 4.39 Å². The molecule has 2 heterocycles. The van der Waals surface area contributed by atoms with E-state index in [1.807, 2.05) is 33.8 Å². The van der Waals surface area contributed by atoms with E-state index in [1.165, 1.54) is 6.07 Å². The second-order valence-corrected chi connectivity index (χ2v) is 8.51. The molecule has 0 fully saturated rings. The van der Waals surface area contributed by atoms with Crippen LogP contribution in [0.1, 0.15) is 59.1 Å². The van der Waals surface area contributed by atoms with Crippen LogP contribution in [0, 0.1) is 19.7 Å². The highest BCUT2D eigenvalue weighted by Gasteiger charge is 2.43. The van der Waals surface area contributed by atoms with E-state index in [2.05, 4.69) is 10.2 Å². The Morgan fingerprint density at radius 3 is 2.66 bits per heavy atom. The minimum Gasteiger partial charge on any atom is -0.507 e. The molecule has 2 N–H and O–H groups in total. The highest BCUT2D eigenvalue weighted by Crippen LogP contribution is 2.45. The lowest BCUT2D eigenvalue weighted by atomic mass is 9.94. The molecule has 0 aliphatic carbocycles. The minimum atomic E-state index is -0.646. The van der Waals surface area contributed by atoms with E-state index >= 15 is 0 Å². The van der Waals surface area contributed by atoms with Gasteiger partial charge in [-0.05, 0) is 63.4 Å². The highest BCUT2D eigenvalue weighted by atomic mass is 19.1. The van der Waals surface area contributed by atoms with Gasteiger partial charge in [0.1, 0.15) is 23.0 Å². The summed E-state index contributed by atoms with van der Waals surface area (Å²) in [5.74, 6) is -0.552. The van der Waals surface area contributed by atoms with Crippen molar-refractivity contribution in [3.05, 3.63) is 70.2 Å². The van der Waals surface area contributed by atoms with Gasteiger partial charge in [0.15, 0.2) is 0 Å². The number of benzene rings is 2. The van der Waals surface area contributed by atoms with Crippen molar-refractivity contribution in [2.24, 2.45) is 0 Å². The van der Waals surface area contributed by atoms with Crippen molar-refractivity contribution < 1.29 is 19.0 Å². The number of hydrogen-bond acceptors (Lipinski definition) is 4. The normalized spacial score (nSPS) is 15.6. The zero-order chi connectivity index (χ0) is 23.0. The minimum absolute atomic E-state index is 0.0749. The summed E-state index contributed by atoms with van der Waals surface area (Å²) in [6.07, 6.45) is 0.722. The van der Waals surface area contributed by atoms with E-state index in [-0.39, 0.29) is 17.8 Å². The summed E-state index contributed by atoms with van der Waals surface area (Å²) in [7, 11) is 0. The summed E-state index contributed by atoms with van der Waals surface area (Å²) in [5, 5.41) is 17.9. The van der Waals surface area contributed by atoms with Crippen LogP contribution in [0.2, 0.25) is 0 Å². The molecule has 168 valence electrons. The van der Waals surface area contributed by atoms with Gasteiger partial charge in [-0.1, -0.05) is 18.2 Å². The molecule has 0 spiro atoms. The fourth-order valence-corrected chi connectivity index (χ4v) is 4.20. The number of ether oxygens (including phenoxy) is 1. The summed E-state index contributed by atoms with van der Waals surface area (Å²) >= 11 is 0. The topological polar surface area (TPSA) is 78.5 Å². The Balaban J connectivity index is 1.80. The molecular formula is C25H28FN3O3. The second-order valence-electron chi connectivity index (χ2n) is 8.51. The quantitative estimate of drug-likeness (QED) is 0.516. The van der Waals surface area contributed by atoms with Gasteiger partial charge in [0.05, 0.1) is 12.1 Å². The molecule has 4 rings (SSSR count). The van der Waals surface area contributed by atoms with E-state index in [4.69, 9.17) is 4.74 Å². The van der Waals surface area contributed by atoms with E-state index in [9.17, 15) is 14.3 Å². The summed E-state index contributed by atoms with van der Waals surface area (Å²) < 4.78 is 20.6. The summed E-state index contributed by atoms with van der Waals surface area (Å²) in [6.45, 7) is 8.70. The lowest BCUT2D eigenvalue weighted by Gasteiger charge is -2.27. The molecule has 7 heteroatoms. The molecule has 2 aromatic carbocycles. The largest absolute Gasteiger partial charge is 0.507 e. The molecule has 1 aliphatic rings. The number of nitrogens with zero attached hydrogens (tertiary/aromatic N) is 2. The van der Waals surface area contributed by atoms with Crippen LogP contribution in [0.15, 0.2) is 36.4 Å². The van der Waals surface area contributed by atoms with Gasteiger partial charge in [-0.15, -0.1) is 0 Å². The Bertz CT molecular complexity index is 1160. The Labute approximate surface area is 187 Å². The van der Waals surface area contributed by atoms with Gasteiger partial charge in [-0.2, -0.15) is 5.10 Å². The maximum atomic E-state index is 14.9. The SMILES string of the molecule is Cc1cc(O)c(-c2n[nH]c3c2[C@@H](c2ccccc2F)N(CCCOC(C)C)C3=O)cc1C. The average molecular weight is 438 g/mol. The fraction of sp³-hybridized carbons (Fsp3) is 0.360. The molecule has 1 aromatic heterocycles. The third kappa shape index (κ3) is 3.88. The summed E-state index contributed by atoms with van der Waals surface area (Å²) in [6, 6.07) is 9.36. The number of aromatic amines is 1. The number of H-pyrrole nitrogens is 1. The molecule has 6 nitrogen and oxygen atoms in total. The average Bonchev–Trinajstić information content (AvgIpc) is 3.28. The number of aromatic hydroxyl groups is 1. The third-order valence-electron chi connectivity index (χ3n) is 5.93. The van der Waals surface area contributed by atoms with Crippen molar-refractivity contribution in [3.8, 4) is 17.0 Å². The van der Waals surface area contributed by atoms with E-state index < -0.39 is 11.9 Å². The van der Waals surface area contributed by atoms with Gasteiger partial charge in [0.25, 0.3) is 5.91 Å².